The van der Waals surface area contributed by atoms with Crippen LogP contribution in [0, 0.1) is 0 Å². The van der Waals surface area contributed by atoms with Gasteiger partial charge < -0.3 is 14.7 Å². The lowest BCUT2D eigenvalue weighted by atomic mass is 10.2. The van der Waals surface area contributed by atoms with Crippen LogP contribution in [0.1, 0.15) is 12.8 Å². The summed E-state index contributed by atoms with van der Waals surface area (Å²) in [4.78, 5) is 26.4. The van der Waals surface area contributed by atoms with E-state index in [1.165, 1.54) is 9.80 Å². The molecule has 0 bridgehead atoms. The maximum absolute atomic E-state index is 12.4. The van der Waals surface area contributed by atoms with Gasteiger partial charge in [0.1, 0.15) is 11.8 Å². The second kappa shape index (κ2) is 5.81. The fourth-order valence-corrected chi connectivity index (χ4v) is 2.36. The van der Waals surface area contributed by atoms with Gasteiger partial charge in [0.15, 0.2) is 0 Å². The number of aliphatic carboxylic acids is 1. The first-order valence-corrected chi connectivity index (χ1v) is 6.45. The van der Waals surface area contributed by atoms with E-state index in [0.29, 0.717) is 24.4 Å². The van der Waals surface area contributed by atoms with Gasteiger partial charge in [0.2, 0.25) is 0 Å². The molecule has 1 heterocycles. The molecule has 0 spiro atoms. The van der Waals surface area contributed by atoms with Crippen LogP contribution >= 0.6 is 0 Å². The average Bonchev–Trinajstić information content (AvgIpc) is 2.95. The van der Waals surface area contributed by atoms with Crippen molar-refractivity contribution in [3.05, 3.63) is 24.3 Å². The van der Waals surface area contributed by atoms with Crippen LogP contribution in [0.2, 0.25) is 0 Å². The molecule has 0 saturated carbocycles. The van der Waals surface area contributed by atoms with Crippen molar-refractivity contribution in [2.45, 2.75) is 18.9 Å². The first-order chi connectivity index (χ1) is 9.54. The van der Waals surface area contributed by atoms with Crippen molar-refractivity contribution in [1.29, 1.82) is 0 Å². The van der Waals surface area contributed by atoms with Crippen LogP contribution in [-0.4, -0.2) is 48.8 Å². The number of carbonyl (C=O) groups is 2. The maximum Gasteiger partial charge on any atom is 0.326 e. The summed E-state index contributed by atoms with van der Waals surface area (Å²) in [6.45, 7) is 0.482. The number of hydrogen-bond donors (Lipinski definition) is 1. The molecular weight excluding hydrogens is 260 g/mol. The van der Waals surface area contributed by atoms with Crippen LogP contribution < -0.4 is 9.64 Å². The number of methoxy groups -OCH3 is 1. The highest BCUT2D eigenvalue weighted by molar-refractivity contribution is 5.94. The van der Waals surface area contributed by atoms with Crippen molar-refractivity contribution in [3.8, 4) is 5.75 Å². The van der Waals surface area contributed by atoms with E-state index < -0.39 is 12.0 Å². The van der Waals surface area contributed by atoms with E-state index in [-0.39, 0.29) is 6.03 Å². The molecular formula is C14H18N2O4. The molecule has 1 N–H and O–H groups in total. The number of rotatable bonds is 3. The first-order valence-electron chi connectivity index (χ1n) is 6.45. The largest absolute Gasteiger partial charge is 0.497 e. The Hall–Kier alpha value is -2.24. The third-order valence-corrected chi connectivity index (χ3v) is 3.53. The molecule has 108 valence electrons. The smallest absolute Gasteiger partial charge is 0.326 e. The van der Waals surface area contributed by atoms with Crippen molar-refractivity contribution in [2.75, 3.05) is 25.6 Å². The minimum Gasteiger partial charge on any atom is -0.497 e. The molecule has 20 heavy (non-hydrogen) atoms. The molecule has 0 radical (unpaired) electrons. The van der Waals surface area contributed by atoms with Crippen molar-refractivity contribution in [2.24, 2.45) is 0 Å². The topological polar surface area (TPSA) is 70.1 Å². The van der Waals surface area contributed by atoms with E-state index >= 15 is 0 Å². The fraction of sp³-hybridized carbons (Fsp3) is 0.429. The summed E-state index contributed by atoms with van der Waals surface area (Å²) in [6.07, 6.45) is 1.23. The lowest BCUT2D eigenvalue weighted by molar-refractivity contribution is -0.141. The van der Waals surface area contributed by atoms with Crippen LogP contribution in [0.3, 0.4) is 0 Å². The standard InChI is InChI=1S/C14H18N2O4/c1-15(10-5-7-11(20-2)8-6-10)14(19)16-9-3-4-12(16)13(17)18/h5-8,12H,3-4,9H2,1-2H3,(H,17,18)/t12-/m0/s1. The number of carbonyl (C=O) groups excluding carboxylic acids is 1. The molecule has 0 aliphatic carbocycles. The van der Waals surface area contributed by atoms with Gasteiger partial charge in [-0.15, -0.1) is 0 Å². The number of nitrogens with zero attached hydrogens (tertiary/aromatic N) is 2. The zero-order chi connectivity index (χ0) is 14.7. The normalized spacial score (nSPS) is 17.9. The second-order valence-electron chi connectivity index (χ2n) is 4.73. The first kappa shape index (κ1) is 14.2. The Balaban J connectivity index is 2.13. The summed E-state index contributed by atoms with van der Waals surface area (Å²) in [5.74, 6) is -0.238. The maximum atomic E-state index is 12.4. The van der Waals surface area contributed by atoms with Crippen molar-refractivity contribution in [3.63, 3.8) is 0 Å². The Kier molecular flexibility index (Phi) is 4.12. The number of hydrogen-bond acceptors (Lipinski definition) is 3. The summed E-state index contributed by atoms with van der Waals surface area (Å²) in [7, 11) is 3.22. The van der Waals surface area contributed by atoms with Crippen LogP contribution in [0.4, 0.5) is 10.5 Å². The number of benzene rings is 1. The summed E-state index contributed by atoms with van der Waals surface area (Å²) in [5, 5.41) is 9.12. The Morgan fingerprint density at radius 2 is 2.00 bits per heavy atom. The predicted octanol–water partition coefficient (Wildman–Crippen LogP) is 1.80. The van der Waals surface area contributed by atoms with Crippen LogP contribution in [-0.2, 0) is 4.79 Å². The number of anilines is 1. The highest BCUT2D eigenvalue weighted by Crippen LogP contribution is 2.23. The molecule has 0 aromatic heterocycles. The predicted molar refractivity (Wildman–Crippen MR) is 74.2 cm³/mol. The van der Waals surface area contributed by atoms with Gasteiger partial charge in [-0.25, -0.2) is 9.59 Å². The van der Waals surface area contributed by atoms with E-state index in [1.807, 2.05) is 0 Å². The average molecular weight is 278 g/mol. The number of ether oxygens (including phenoxy) is 1. The number of carboxylic acid groups (broad SMARTS) is 1. The van der Waals surface area contributed by atoms with E-state index in [1.54, 1.807) is 38.4 Å². The molecule has 1 fully saturated rings. The molecule has 1 aromatic rings. The molecule has 1 aliphatic heterocycles. The summed E-state index contributed by atoms with van der Waals surface area (Å²) in [5.41, 5.74) is 0.701. The fourth-order valence-electron chi connectivity index (χ4n) is 2.36. The summed E-state index contributed by atoms with van der Waals surface area (Å²) in [6, 6.07) is 6.05. The molecule has 6 nitrogen and oxygen atoms in total. The van der Waals surface area contributed by atoms with E-state index in [4.69, 9.17) is 9.84 Å². The molecule has 1 aromatic carbocycles. The van der Waals surface area contributed by atoms with Crippen LogP contribution in [0.15, 0.2) is 24.3 Å². The van der Waals surface area contributed by atoms with Gasteiger partial charge in [0, 0.05) is 19.3 Å². The van der Waals surface area contributed by atoms with E-state index in [2.05, 4.69) is 0 Å². The highest BCUT2D eigenvalue weighted by atomic mass is 16.5. The number of amides is 2. The minimum atomic E-state index is -0.945. The van der Waals surface area contributed by atoms with Crippen molar-refractivity contribution < 1.29 is 19.4 Å². The van der Waals surface area contributed by atoms with Gasteiger partial charge in [0.25, 0.3) is 0 Å². The quantitative estimate of drug-likeness (QED) is 0.915. The zero-order valence-electron chi connectivity index (χ0n) is 11.6. The molecule has 2 amide bonds. The second-order valence-corrected chi connectivity index (χ2v) is 4.73. The van der Waals surface area contributed by atoms with Gasteiger partial charge in [-0.1, -0.05) is 0 Å². The van der Waals surface area contributed by atoms with Crippen LogP contribution in [0.5, 0.6) is 5.75 Å². The van der Waals surface area contributed by atoms with E-state index in [9.17, 15) is 9.59 Å². The summed E-state index contributed by atoms with van der Waals surface area (Å²) >= 11 is 0. The Morgan fingerprint density at radius 1 is 1.35 bits per heavy atom. The van der Waals surface area contributed by atoms with Gasteiger partial charge in [-0.3, -0.25) is 4.90 Å². The van der Waals surface area contributed by atoms with Gasteiger partial charge in [0.05, 0.1) is 7.11 Å². The Morgan fingerprint density at radius 3 is 2.55 bits per heavy atom. The number of carboxylic acids is 1. The molecule has 2 rings (SSSR count). The SMILES string of the molecule is COc1ccc(N(C)C(=O)N2CCC[C@H]2C(=O)O)cc1. The van der Waals surface area contributed by atoms with Crippen molar-refractivity contribution in [1.82, 2.24) is 4.90 Å². The molecule has 0 unspecified atom stereocenters. The van der Waals surface area contributed by atoms with Gasteiger partial charge in [-0.2, -0.15) is 0 Å². The van der Waals surface area contributed by atoms with E-state index in [0.717, 1.165) is 6.42 Å². The molecule has 6 heteroatoms. The van der Waals surface area contributed by atoms with Gasteiger partial charge >= 0.3 is 12.0 Å². The molecule has 1 aliphatic rings. The number of likely N-dealkylation sites (tertiary alicyclic amines) is 1. The van der Waals surface area contributed by atoms with Crippen LogP contribution in [0.25, 0.3) is 0 Å². The third-order valence-electron chi connectivity index (χ3n) is 3.53. The zero-order valence-corrected chi connectivity index (χ0v) is 11.6. The minimum absolute atomic E-state index is 0.292. The Bertz CT molecular complexity index is 500. The molecule has 1 saturated heterocycles. The number of urea groups is 1. The monoisotopic (exact) mass is 278 g/mol. The lowest BCUT2D eigenvalue weighted by Crippen LogP contribution is -2.46. The third kappa shape index (κ3) is 2.68. The van der Waals surface area contributed by atoms with Crippen molar-refractivity contribution >= 4 is 17.7 Å². The van der Waals surface area contributed by atoms with Gasteiger partial charge in [-0.05, 0) is 37.1 Å². The Labute approximate surface area is 117 Å². The lowest BCUT2D eigenvalue weighted by Gasteiger charge is -2.27. The highest BCUT2D eigenvalue weighted by Gasteiger charge is 2.35. The molecule has 1 atom stereocenters. The summed E-state index contributed by atoms with van der Waals surface area (Å²) < 4.78 is 5.07.